The second-order valence-electron chi connectivity index (χ2n) is 7.58. The van der Waals surface area contributed by atoms with Crippen molar-refractivity contribution in [3.8, 4) is 0 Å². The first kappa shape index (κ1) is 18.4. The molecule has 0 saturated carbocycles. The van der Waals surface area contributed by atoms with E-state index < -0.39 is 33.7 Å². The molecule has 1 aromatic rings. The third kappa shape index (κ3) is 3.25. The Balaban J connectivity index is 1.51. The van der Waals surface area contributed by atoms with Gasteiger partial charge >= 0.3 is 6.09 Å². The maximum atomic E-state index is 14.7. The zero-order valence-corrected chi connectivity index (χ0v) is 15.3. The van der Waals surface area contributed by atoms with E-state index in [0.717, 1.165) is 17.0 Å². The Morgan fingerprint density at radius 1 is 1.19 bits per heavy atom. The number of piperidine rings is 1. The van der Waals surface area contributed by atoms with Gasteiger partial charge < -0.3 is 14.7 Å². The molecular formula is C17H20F2N2O5S. The summed E-state index contributed by atoms with van der Waals surface area (Å²) in [5, 5.41) is 9.08. The first-order valence-corrected chi connectivity index (χ1v) is 10.6. The van der Waals surface area contributed by atoms with E-state index in [2.05, 4.69) is 0 Å². The normalized spacial score (nSPS) is 26.2. The van der Waals surface area contributed by atoms with Crippen molar-refractivity contribution in [1.82, 2.24) is 0 Å². The number of aliphatic hydroxyl groups excluding tert-OH is 1. The third-order valence-electron chi connectivity index (χ3n) is 5.58. The highest BCUT2D eigenvalue weighted by Gasteiger charge is 2.49. The van der Waals surface area contributed by atoms with Gasteiger partial charge in [-0.05, 0) is 12.8 Å². The number of nitrogens with zero attached hydrogens (tertiary/aromatic N) is 2. The molecule has 10 heteroatoms. The van der Waals surface area contributed by atoms with E-state index in [0.29, 0.717) is 25.9 Å². The second kappa shape index (κ2) is 6.30. The van der Waals surface area contributed by atoms with Crippen LogP contribution in [0.15, 0.2) is 12.1 Å². The number of ether oxygens (including phenoxy) is 1. The highest BCUT2D eigenvalue weighted by molar-refractivity contribution is 7.92. The van der Waals surface area contributed by atoms with Crippen LogP contribution in [0.1, 0.15) is 12.8 Å². The predicted octanol–water partition coefficient (Wildman–Crippen LogP) is 1.30. The molecule has 3 fully saturated rings. The Hall–Kier alpha value is -1.94. The molecule has 0 radical (unpaired) electrons. The van der Waals surface area contributed by atoms with Gasteiger partial charge in [-0.25, -0.2) is 22.0 Å². The average Bonchev–Trinajstić information content (AvgIpc) is 2.95. The summed E-state index contributed by atoms with van der Waals surface area (Å²) in [5.41, 5.74) is -0.378. The Labute approximate surface area is 155 Å². The van der Waals surface area contributed by atoms with Crippen molar-refractivity contribution in [1.29, 1.82) is 0 Å². The lowest BCUT2D eigenvalue weighted by Crippen LogP contribution is -2.54. The zero-order chi connectivity index (χ0) is 19.4. The van der Waals surface area contributed by atoms with E-state index in [4.69, 9.17) is 9.84 Å². The number of aliphatic hydroxyl groups is 1. The summed E-state index contributed by atoms with van der Waals surface area (Å²) in [6.07, 6.45) is -0.334. The molecule has 27 heavy (non-hydrogen) atoms. The number of halogens is 2. The topological polar surface area (TPSA) is 87.2 Å². The molecule has 1 N–H and O–H groups in total. The van der Waals surface area contributed by atoms with Gasteiger partial charge in [-0.15, -0.1) is 0 Å². The van der Waals surface area contributed by atoms with Crippen LogP contribution in [0.3, 0.4) is 0 Å². The number of rotatable bonds is 3. The fourth-order valence-electron chi connectivity index (χ4n) is 4.22. The van der Waals surface area contributed by atoms with Gasteiger partial charge in [0.25, 0.3) is 0 Å². The molecule has 1 aromatic carbocycles. The van der Waals surface area contributed by atoms with Gasteiger partial charge in [0.1, 0.15) is 11.8 Å². The van der Waals surface area contributed by atoms with Crippen molar-refractivity contribution >= 4 is 27.3 Å². The molecule has 1 atom stereocenters. The van der Waals surface area contributed by atoms with Crippen molar-refractivity contribution in [3.63, 3.8) is 0 Å². The minimum absolute atomic E-state index is 0.0221. The predicted molar refractivity (Wildman–Crippen MR) is 93.6 cm³/mol. The lowest BCUT2D eigenvalue weighted by atomic mass is 9.81. The fraction of sp³-hybridized carbons (Fsp3) is 0.588. The number of cyclic esters (lactones) is 1. The first-order valence-electron chi connectivity index (χ1n) is 8.75. The summed E-state index contributed by atoms with van der Waals surface area (Å²) in [7, 11) is -2.95. The fourth-order valence-corrected chi connectivity index (χ4v) is 6.58. The Kier molecular flexibility index (Phi) is 4.30. The van der Waals surface area contributed by atoms with Gasteiger partial charge in [-0.2, -0.15) is 0 Å². The minimum Gasteiger partial charge on any atom is -0.441 e. The number of hydrogen-bond donors (Lipinski definition) is 1. The monoisotopic (exact) mass is 402 g/mol. The van der Waals surface area contributed by atoms with Gasteiger partial charge in [0.05, 0.1) is 30.3 Å². The quantitative estimate of drug-likeness (QED) is 0.820. The minimum atomic E-state index is -2.95. The van der Waals surface area contributed by atoms with Crippen molar-refractivity contribution in [2.75, 3.05) is 47.5 Å². The van der Waals surface area contributed by atoms with E-state index in [1.54, 1.807) is 4.90 Å². The van der Waals surface area contributed by atoms with Crippen LogP contribution in [0.2, 0.25) is 0 Å². The number of hydrogen-bond acceptors (Lipinski definition) is 6. The number of benzene rings is 1. The van der Waals surface area contributed by atoms with Gasteiger partial charge in [-0.3, -0.25) is 4.90 Å². The van der Waals surface area contributed by atoms with Gasteiger partial charge in [-0.1, -0.05) is 0 Å². The molecule has 3 aliphatic heterocycles. The van der Waals surface area contributed by atoms with Gasteiger partial charge in [0.2, 0.25) is 0 Å². The maximum absolute atomic E-state index is 14.7. The van der Waals surface area contributed by atoms with Gasteiger partial charge in [0.15, 0.2) is 21.5 Å². The molecule has 3 heterocycles. The smallest absolute Gasteiger partial charge is 0.414 e. The first-order chi connectivity index (χ1) is 12.7. The standard InChI is InChI=1S/C17H20F2N2O5S/c18-13-5-11(21-7-12(8-22)26-16(21)23)6-14(19)15(13)20-3-1-17(2-4-20)9-27(24,25)10-17/h5-6,12,22H,1-4,7-10H2. The molecule has 3 saturated heterocycles. The number of amides is 1. The zero-order valence-electron chi connectivity index (χ0n) is 14.5. The third-order valence-corrected chi connectivity index (χ3v) is 7.69. The summed E-state index contributed by atoms with van der Waals surface area (Å²) in [4.78, 5) is 14.5. The number of carbonyl (C=O) groups excluding carboxylic acids is 1. The van der Waals surface area contributed by atoms with E-state index in [9.17, 15) is 22.0 Å². The summed E-state index contributed by atoms with van der Waals surface area (Å²) in [6, 6.07) is 2.16. The van der Waals surface area contributed by atoms with E-state index >= 15 is 0 Å². The Morgan fingerprint density at radius 3 is 2.26 bits per heavy atom. The van der Waals surface area contributed by atoms with Crippen LogP contribution in [-0.4, -0.2) is 63.5 Å². The van der Waals surface area contributed by atoms with Crippen molar-refractivity contribution in [2.24, 2.45) is 5.41 Å². The van der Waals surface area contributed by atoms with Gasteiger partial charge in [0, 0.05) is 30.6 Å². The van der Waals surface area contributed by atoms with Crippen LogP contribution < -0.4 is 9.80 Å². The molecule has 3 aliphatic rings. The largest absolute Gasteiger partial charge is 0.441 e. The molecule has 1 spiro atoms. The van der Waals surface area contributed by atoms with Crippen LogP contribution in [0.5, 0.6) is 0 Å². The summed E-state index contributed by atoms with van der Waals surface area (Å²) in [6.45, 7) is 0.410. The molecule has 148 valence electrons. The highest BCUT2D eigenvalue weighted by atomic mass is 32.2. The Bertz CT molecular complexity index is 846. The summed E-state index contributed by atoms with van der Waals surface area (Å²) < 4.78 is 57.1. The summed E-state index contributed by atoms with van der Waals surface area (Å²) >= 11 is 0. The van der Waals surface area contributed by atoms with Crippen molar-refractivity contribution in [2.45, 2.75) is 18.9 Å². The molecule has 1 amide bonds. The average molecular weight is 402 g/mol. The molecule has 0 bridgehead atoms. The van der Waals surface area contributed by atoms with Crippen LogP contribution in [0.4, 0.5) is 25.0 Å². The van der Waals surface area contributed by atoms with Crippen LogP contribution >= 0.6 is 0 Å². The lowest BCUT2D eigenvalue weighted by Gasteiger charge is -2.47. The van der Waals surface area contributed by atoms with Crippen LogP contribution in [0.25, 0.3) is 0 Å². The van der Waals surface area contributed by atoms with E-state index in [1.807, 2.05) is 0 Å². The van der Waals surface area contributed by atoms with E-state index in [-0.39, 0.29) is 41.4 Å². The SMILES string of the molecule is O=C1OC(CO)CN1c1cc(F)c(N2CCC3(CC2)CS(=O)(=O)C3)c(F)c1. The van der Waals surface area contributed by atoms with E-state index in [1.165, 1.54) is 0 Å². The second-order valence-corrected chi connectivity index (χ2v) is 9.64. The summed E-state index contributed by atoms with van der Waals surface area (Å²) in [5.74, 6) is -1.27. The molecule has 4 rings (SSSR count). The maximum Gasteiger partial charge on any atom is 0.414 e. The molecule has 0 aliphatic carbocycles. The lowest BCUT2D eigenvalue weighted by molar-refractivity contribution is 0.0963. The number of sulfone groups is 1. The Morgan fingerprint density at radius 2 is 1.78 bits per heavy atom. The van der Waals surface area contributed by atoms with Crippen LogP contribution in [0, 0.1) is 17.0 Å². The molecule has 0 aromatic heterocycles. The van der Waals surface area contributed by atoms with Crippen LogP contribution in [-0.2, 0) is 14.6 Å². The number of carbonyl (C=O) groups is 1. The molecule has 1 unspecified atom stereocenters. The highest BCUT2D eigenvalue weighted by Crippen LogP contribution is 2.44. The molecular weight excluding hydrogens is 382 g/mol. The van der Waals surface area contributed by atoms with Crippen molar-refractivity contribution in [3.05, 3.63) is 23.8 Å². The molecule has 7 nitrogen and oxygen atoms in total. The van der Waals surface area contributed by atoms with Crippen molar-refractivity contribution < 1.29 is 31.8 Å². The number of anilines is 2.